The second-order valence-electron chi connectivity index (χ2n) is 4.35. The largest absolute Gasteiger partial charge is 0.409 e. The molecule has 2 rings (SSSR count). The van der Waals surface area contributed by atoms with Crippen LogP contribution in [0.5, 0.6) is 0 Å². The molecule has 1 fully saturated rings. The zero-order chi connectivity index (χ0) is 14.5. The van der Waals surface area contributed by atoms with Crippen molar-refractivity contribution in [1.82, 2.24) is 4.98 Å². The summed E-state index contributed by atoms with van der Waals surface area (Å²) in [6.45, 7) is 1.17. The van der Waals surface area contributed by atoms with E-state index in [1.54, 1.807) is 0 Å². The number of aromatic nitrogens is 1. The first-order chi connectivity index (χ1) is 9.61. The van der Waals surface area contributed by atoms with Crippen LogP contribution in [0, 0.1) is 10.1 Å². The van der Waals surface area contributed by atoms with Gasteiger partial charge in [0.25, 0.3) is 0 Å². The third-order valence-electron chi connectivity index (χ3n) is 2.99. The van der Waals surface area contributed by atoms with Gasteiger partial charge in [-0.25, -0.2) is 4.98 Å². The molecule has 9 heteroatoms. The first kappa shape index (κ1) is 14.0. The van der Waals surface area contributed by atoms with Crippen molar-refractivity contribution in [3.8, 4) is 0 Å². The number of nitro groups is 1. The van der Waals surface area contributed by atoms with Gasteiger partial charge in [0, 0.05) is 31.0 Å². The predicted molar refractivity (Wildman–Crippen MR) is 70.9 cm³/mol. The molecule has 1 aliphatic rings. The van der Waals surface area contributed by atoms with E-state index in [0.717, 1.165) is 12.8 Å². The molecule has 4 N–H and O–H groups in total. The lowest BCUT2D eigenvalue weighted by atomic mass is 10.2. The smallest absolute Gasteiger partial charge is 0.312 e. The van der Waals surface area contributed by atoms with Crippen LogP contribution < -0.4 is 11.1 Å². The first-order valence-electron chi connectivity index (χ1n) is 6.09. The van der Waals surface area contributed by atoms with Crippen molar-refractivity contribution in [3.63, 3.8) is 0 Å². The molecule has 0 amide bonds. The number of amidine groups is 1. The van der Waals surface area contributed by atoms with Gasteiger partial charge in [0.2, 0.25) is 5.82 Å². The number of oxime groups is 1. The third kappa shape index (κ3) is 3.12. The zero-order valence-corrected chi connectivity index (χ0v) is 10.7. The summed E-state index contributed by atoms with van der Waals surface area (Å²) in [5.74, 6) is -0.0914. The molecule has 0 bridgehead atoms. The quantitative estimate of drug-likeness (QED) is 0.237. The van der Waals surface area contributed by atoms with Crippen LogP contribution in [0.15, 0.2) is 17.4 Å². The molecule has 20 heavy (non-hydrogen) atoms. The highest BCUT2D eigenvalue weighted by molar-refractivity contribution is 5.97. The van der Waals surface area contributed by atoms with E-state index >= 15 is 0 Å². The van der Waals surface area contributed by atoms with Crippen molar-refractivity contribution in [3.05, 3.63) is 27.9 Å². The zero-order valence-electron chi connectivity index (χ0n) is 10.7. The monoisotopic (exact) mass is 281 g/mol. The summed E-state index contributed by atoms with van der Waals surface area (Å²) in [5.41, 5.74) is 5.34. The second-order valence-corrected chi connectivity index (χ2v) is 4.35. The van der Waals surface area contributed by atoms with E-state index in [0.29, 0.717) is 13.2 Å². The van der Waals surface area contributed by atoms with Gasteiger partial charge < -0.3 is 21.0 Å². The van der Waals surface area contributed by atoms with Crippen molar-refractivity contribution in [1.29, 1.82) is 0 Å². The van der Waals surface area contributed by atoms with Gasteiger partial charge in [0.1, 0.15) is 0 Å². The van der Waals surface area contributed by atoms with Crippen molar-refractivity contribution in [2.45, 2.75) is 18.9 Å². The Morgan fingerprint density at radius 2 is 2.55 bits per heavy atom. The van der Waals surface area contributed by atoms with Crippen LogP contribution in [-0.2, 0) is 4.74 Å². The van der Waals surface area contributed by atoms with Gasteiger partial charge in [-0.3, -0.25) is 10.1 Å². The average molecular weight is 281 g/mol. The molecule has 0 aliphatic carbocycles. The lowest BCUT2D eigenvalue weighted by Gasteiger charge is -2.11. The summed E-state index contributed by atoms with van der Waals surface area (Å²) >= 11 is 0. The van der Waals surface area contributed by atoms with Gasteiger partial charge in [-0.15, -0.1) is 0 Å². The Balaban J connectivity index is 2.16. The molecule has 0 radical (unpaired) electrons. The fourth-order valence-corrected chi connectivity index (χ4v) is 1.94. The van der Waals surface area contributed by atoms with E-state index in [-0.39, 0.29) is 29.0 Å². The molecule has 0 aromatic carbocycles. The number of hydrogen-bond donors (Lipinski definition) is 3. The highest BCUT2D eigenvalue weighted by Gasteiger charge is 2.20. The summed E-state index contributed by atoms with van der Waals surface area (Å²) in [5, 5.41) is 25.3. The molecule has 0 spiro atoms. The number of anilines is 1. The van der Waals surface area contributed by atoms with Crippen LogP contribution in [-0.4, -0.2) is 40.2 Å². The van der Waals surface area contributed by atoms with Gasteiger partial charge in [-0.05, 0) is 12.8 Å². The van der Waals surface area contributed by atoms with E-state index in [1.165, 1.54) is 12.3 Å². The standard InChI is InChI=1S/C11H15N5O4/c12-10(15-17)7-4-9(16(18)19)11(13-5-7)14-6-8-2-1-3-20-8/h4-5,8,17H,1-3,6H2,(H2,12,15)(H,13,14)/t8-/m1/s1. The van der Waals surface area contributed by atoms with Crippen LogP contribution in [0.3, 0.4) is 0 Å². The number of rotatable bonds is 5. The highest BCUT2D eigenvalue weighted by Crippen LogP contribution is 2.23. The molecule has 1 saturated heterocycles. The lowest BCUT2D eigenvalue weighted by Crippen LogP contribution is -2.20. The fraction of sp³-hybridized carbons (Fsp3) is 0.455. The third-order valence-corrected chi connectivity index (χ3v) is 2.99. The van der Waals surface area contributed by atoms with Crippen LogP contribution in [0.4, 0.5) is 11.5 Å². The Labute approximate surface area is 114 Å². The first-order valence-corrected chi connectivity index (χ1v) is 6.09. The maximum Gasteiger partial charge on any atom is 0.312 e. The minimum Gasteiger partial charge on any atom is -0.409 e. The second kappa shape index (κ2) is 6.15. The maximum atomic E-state index is 11.0. The number of nitrogens with one attached hydrogen (secondary N) is 1. The van der Waals surface area contributed by atoms with Crippen LogP contribution in [0.2, 0.25) is 0 Å². The molecular weight excluding hydrogens is 266 g/mol. The van der Waals surface area contributed by atoms with Gasteiger partial charge in [-0.2, -0.15) is 0 Å². The Morgan fingerprint density at radius 3 is 3.15 bits per heavy atom. The minimum atomic E-state index is -0.570. The van der Waals surface area contributed by atoms with E-state index in [9.17, 15) is 10.1 Å². The van der Waals surface area contributed by atoms with Crippen LogP contribution in [0.1, 0.15) is 18.4 Å². The summed E-state index contributed by atoms with van der Waals surface area (Å²) in [4.78, 5) is 14.4. The average Bonchev–Trinajstić information content (AvgIpc) is 2.97. The minimum absolute atomic E-state index is 0.0418. The molecule has 1 aromatic rings. The Kier molecular flexibility index (Phi) is 4.31. The number of ether oxygens (including phenoxy) is 1. The van der Waals surface area contributed by atoms with Gasteiger partial charge in [-0.1, -0.05) is 5.16 Å². The molecule has 9 nitrogen and oxygen atoms in total. The number of nitrogens with two attached hydrogens (primary N) is 1. The van der Waals surface area contributed by atoms with Gasteiger partial charge in [0.15, 0.2) is 5.84 Å². The van der Waals surface area contributed by atoms with Crippen molar-refractivity contribution >= 4 is 17.3 Å². The highest BCUT2D eigenvalue weighted by atomic mass is 16.6. The normalized spacial score (nSPS) is 19.0. The molecule has 1 aromatic heterocycles. The molecular formula is C11H15N5O4. The van der Waals surface area contributed by atoms with Crippen LogP contribution in [0.25, 0.3) is 0 Å². The molecule has 0 unspecified atom stereocenters. The van der Waals surface area contributed by atoms with E-state index in [4.69, 9.17) is 15.7 Å². The summed E-state index contributed by atoms with van der Waals surface area (Å²) in [6.07, 6.45) is 3.26. The molecule has 1 atom stereocenters. The SMILES string of the molecule is NC(=NO)c1cnc(NC[C@H]2CCCO2)c([N+](=O)[O-])c1. The van der Waals surface area contributed by atoms with Gasteiger partial charge in [0.05, 0.1) is 11.0 Å². The number of pyridine rings is 1. The van der Waals surface area contributed by atoms with Crippen molar-refractivity contribution in [2.75, 3.05) is 18.5 Å². The van der Waals surface area contributed by atoms with E-state index in [1.807, 2.05) is 0 Å². The Hall–Kier alpha value is -2.42. The molecule has 108 valence electrons. The molecule has 0 saturated carbocycles. The molecule has 2 heterocycles. The summed E-state index contributed by atoms with van der Waals surface area (Å²) in [6, 6.07) is 1.21. The van der Waals surface area contributed by atoms with E-state index in [2.05, 4.69) is 15.5 Å². The van der Waals surface area contributed by atoms with Crippen molar-refractivity contribution in [2.24, 2.45) is 10.9 Å². The Morgan fingerprint density at radius 1 is 1.75 bits per heavy atom. The van der Waals surface area contributed by atoms with Gasteiger partial charge >= 0.3 is 5.69 Å². The van der Waals surface area contributed by atoms with Crippen LogP contribution >= 0.6 is 0 Å². The Bertz CT molecular complexity index is 528. The fourth-order valence-electron chi connectivity index (χ4n) is 1.94. The summed E-state index contributed by atoms with van der Waals surface area (Å²) < 4.78 is 5.42. The maximum absolute atomic E-state index is 11.0. The predicted octanol–water partition coefficient (Wildman–Crippen LogP) is 0.675. The number of nitrogens with zero attached hydrogens (tertiary/aromatic N) is 3. The van der Waals surface area contributed by atoms with E-state index < -0.39 is 4.92 Å². The molecule has 1 aliphatic heterocycles. The summed E-state index contributed by atoms with van der Waals surface area (Å²) in [7, 11) is 0. The topological polar surface area (TPSA) is 136 Å². The lowest BCUT2D eigenvalue weighted by molar-refractivity contribution is -0.384. The van der Waals surface area contributed by atoms with Crippen molar-refractivity contribution < 1.29 is 14.9 Å². The number of hydrogen-bond acceptors (Lipinski definition) is 7.